The Bertz CT molecular complexity index is 658. The molecule has 6 heteroatoms. The number of methoxy groups -OCH3 is 1. The molecule has 1 amide bonds. The number of amides is 1. The van der Waals surface area contributed by atoms with Crippen LogP contribution in [0.25, 0.3) is 0 Å². The Morgan fingerprint density at radius 1 is 1.25 bits per heavy atom. The second-order valence-corrected chi connectivity index (χ2v) is 5.56. The molecule has 0 aliphatic carbocycles. The number of rotatable bonds is 8. The van der Waals surface area contributed by atoms with Crippen molar-refractivity contribution in [2.75, 3.05) is 19.0 Å². The van der Waals surface area contributed by atoms with Crippen LogP contribution < -0.4 is 15.4 Å². The van der Waals surface area contributed by atoms with Crippen LogP contribution in [0.4, 0.5) is 5.82 Å². The van der Waals surface area contributed by atoms with E-state index in [1.165, 1.54) is 6.20 Å². The molecule has 0 fully saturated rings. The summed E-state index contributed by atoms with van der Waals surface area (Å²) in [4.78, 5) is 20.4. The van der Waals surface area contributed by atoms with Crippen LogP contribution in [-0.4, -0.2) is 35.6 Å². The number of aromatic nitrogens is 2. The molecular weight excluding hydrogens is 304 g/mol. The van der Waals surface area contributed by atoms with Crippen LogP contribution in [0.5, 0.6) is 5.75 Å². The molecule has 1 heterocycles. The average Bonchev–Trinajstić information content (AvgIpc) is 2.62. The number of benzene rings is 1. The predicted octanol–water partition coefficient (Wildman–Crippen LogP) is 2.67. The number of para-hydroxylation sites is 1. The second-order valence-electron chi connectivity index (χ2n) is 5.56. The Hall–Kier alpha value is -2.63. The van der Waals surface area contributed by atoms with E-state index < -0.39 is 0 Å². The van der Waals surface area contributed by atoms with Gasteiger partial charge in [-0.1, -0.05) is 25.1 Å². The Kier molecular flexibility index (Phi) is 6.54. The van der Waals surface area contributed by atoms with E-state index in [1.807, 2.05) is 38.1 Å². The van der Waals surface area contributed by atoms with Crippen molar-refractivity contribution < 1.29 is 9.53 Å². The number of carbonyl (C=O) groups excluding carboxylic acids is 1. The Labute approximate surface area is 142 Å². The van der Waals surface area contributed by atoms with Crippen molar-refractivity contribution in [3.8, 4) is 5.75 Å². The zero-order valence-electron chi connectivity index (χ0n) is 14.4. The first-order valence-electron chi connectivity index (χ1n) is 8.12. The standard InChI is InChI=1S/C18H24N4O2/c1-4-13(2)22-18(23)15-11-21-17(12-20-15)19-10-9-14-7-5-6-8-16(14)24-3/h5-8,11-13H,4,9-10H2,1-3H3,(H,19,21)(H,22,23). The molecule has 1 atom stereocenters. The molecule has 0 aliphatic rings. The number of hydrogen-bond acceptors (Lipinski definition) is 5. The quantitative estimate of drug-likeness (QED) is 0.779. The number of ether oxygens (including phenoxy) is 1. The van der Waals surface area contributed by atoms with Gasteiger partial charge in [0.1, 0.15) is 17.3 Å². The lowest BCUT2D eigenvalue weighted by molar-refractivity contribution is 0.0934. The van der Waals surface area contributed by atoms with E-state index >= 15 is 0 Å². The largest absolute Gasteiger partial charge is 0.496 e. The van der Waals surface area contributed by atoms with Crippen molar-refractivity contribution in [2.24, 2.45) is 0 Å². The van der Waals surface area contributed by atoms with Gasteiger partial charge in [0.2, 0.25) is 0 Å². The zero-order chi connectivity index (χ0) is 17.4. The lowest BCUT2D eigenvalue weighted by atomic mass is 10.1. The lowest BCUT2D eigenvalue weighted by Crippen LogP contribution is -2.32. The Balaban J connectivity index is 1.87. The monoisotopic (exact) mass is 328 g/mol. The molecular formula is C18H24N4O2. The summed E-state index contributed by atoms with van der Waals surface area (Å²) >= 11 is 0. The van der Waals surface area contributed by atoms with Crippen molar-refractivity contribution in [3.63, 3.8) is 0 Å². The maximum atomic E-state index is 11.9. The van der Waals surface area contributed by atoms with E-state index in [9.17, 15) is 4.79 Å². The molecule has 1 aromatic carbocycles. The third kappa shape index (κ3) is 4.94. The van der Waals surface area contributed by atoms with Gasteiger partial charge < -0.3 is 15.4 Å². The molecule has 2 aromatic rings. The molecule has 24 heavy (non-hydrogen) atoms. The molecule has 6 nitrogen and oxygen atoms in total. The fourth-order valence-electron chi connectivity index (χ4n) is 2.17. The van der Waals surface area contributed by atoms with E-state index in [2.05, 4.69) is 20.6 Å². The molecule has 0 bridgehead atoms. The van der Waals surface area contributed by atoms with E-state index in [4.69, 9.17) is 4.74 Å². The van der Waals surface area contributed by atoms with Crippen LogP contribution in [0, 0.1) is 0 Å². The van der Waals surface area contributed by atoms with E-state index in [0.717, 1.165) is 24.2 Å². The smallest absolute Gasteiger partial charge is 0.271 e. The fourth-order valence-corrected chi connectivity index (χ4v) is 2.17. The number of carbonyl (C=O) groups is 1. The fraction of sp³-hybridized carbons (Fsp3) is 0.389. The van der Waals surface area contributed by atoms with Crippen LogP contribution in [0.15, 0.2) is 36.7 Å². The highest BCUT2D eigenvalue weighted by Crippen LogP contribution is 2.17. The third-order valence-electron chi connectivity index (χ3n) is 3.77. The first-order chi connectivity index (χ1) is 11.6. The minimum Gasteiger partial charge on any atom is -0.496 e. The van der Waals surface area contributed by atoms with Crippen LogP contribution in [0.2, 0.25) is 0 Å². The molecule has 128 valence electrons. The lowest BCUT2D eigenvalue weighted by Gasteiger charge is -2.11. The summed E-state index contributed by atoms with van der Waals surface area (Å²) in [7, 11) is 1.67. The third-order valence-corrected chi connectivity index (χ3v) is 3.77. The topological polar surface area (TPSA) is 76.1 Å². The van der Waals surface area contributed by atoms with E-state index in [0.29, 0.717) is 18.1 Å². The summed E-state index contributed by atoms with van der Waals surface area (Å²) in [5.41, 5.74) is 1.45. The molecule has 0 spiro atoms. The van der Waals surface area contributed by atoms with Gasteiger partial charge in [-0.3, -0.25) is 4.79 Å². The van der Waals surface area contributed by atoms with Gasteiger partial charge >= 0.3 is 0 Å². The minimum atomic E-state index is -0.197. The van der Waals surface area contributed by atoms with Gasteiger partial charge in [-0.05, 0) is 31.4 Å². The molecule has 0 radical (unpaired) electrons. The molecule has 2 N–H and O–H groups in total. The summed E-state index contributed by atoms with van der Waals surface area (Å²) in [6.45, 7) is 4.68. The Morgan fingerprint density at radius 3 is 2.71 bits per heavy atom. The van der Waals surface area contributed by atoms with Crippen molar-refractivity contribution in [1.29, 1.82) is 0 Å². The SMILES string of the molecule is CCC(C)NC(=O)c1cnc(NCCc2ccccc2OC)cn1. The molecule has 0 saturated carbocycles. The minimum absolute atomic E-state index is 0.123. The molecule has 0 saturated heterocycles. The number of nitrogens with zero attached hydrogens (tertiary/aromatic N) is 2. The molecule has 0 aliphatic heterocycles. The van der Waals surface area contributed by atoms with E-state index in [1.54, 1.807) is 13.3 Å². The highest BCUT2D eigenvalue weighted by atomic mass is 16.5. The Morgan fingerprint density at radius 2 is 2.04 bits per heavy atom. The molecule has 1 aromatic heterocycles. The maximum absolute atomic E-state index is 11.9. The van der Waals surface area contributed by atoms with Gasteiger partial charge in [-0.2, -0.15) is 0 Å². The number of hydrogen-bond donors (Lipinski definition) is 2. The predicted molar refractivity (Wildman–Crippen MR) is 94.4 cm³/mol. The van der Waals surface area contributed by atoms with Crippen LogP contribution >= 0.6 is 0 Å². The van der Waals surface area contributed by atoms with Gasteiger partial charge in [0.25, 0.3) is 5.91 Å². The van der Waals surface area contributed by atoms with Gasteiger partial charge in [-0.15, -0.1) is 0 Å². The highest BCUT2D eigenvalue weighted by molar-refractivity contribution is 5.92. The van der Waals surface area contributed by atoms with Gasteiger partial charge in [0.15, 0.2) is 0 Å². The first kappa shape index (κ1) is 17.7. The summed E-state index contributed by atoms with van der Waals surface area (Å²) < 4.78 is 5.33. The number of anilines is 1. The summed E-state index contributed by atoms with van der Waals surface area (Å²) in [5, 5.41) is 6.07. The first-order valence-corrected chi connectivity index (χ1v) is 8.12. The van der Waals surface area contributed by atoms with Gasteiger partial charge in [0, 0.05) is 12.6 Å². The maximum Gasteiger partial charge on any atom is 0.271 e. The average molecular weight is 328 g/mol. The molecule has 2 rings (SSSR count). The van der Waals surface area contributed by atoms with Gasteiger partial charge in [-0.25, -0.2) is 9.97 Å². The van der Waals surface area contributed by atoms with Crippen LogP contribution in [-0.2, 0) is 6.42 Å². The van der Waals surface area contributed by atoms with Crippen LogP contribution in [0.1, 0.15) is 36.3 Å². The zero-order valence-corrected chi connectivity index (χ0v) is 14.4. The van der Waals surface area contributed by atoms with Crippen molar-refractivity contribution in [1.82, 2.24) is 15.3 Å². The van der Waals surface area contributed by atoms with Crippen molar-refractivity contribution in [2.45, 2.75) is 32.7 Å². The summed E-state index contributed by atoms with van der Waals surface area (Å²) in [6, 6.07) is 8.04. The summed E-state index contributed by atoms with van der Waals surface area (Å²) in [6.07, 6.45) is 4.75. The van der Waals surface area contributed by atoms with Gasteiger partial charge in [0.05, 0.1) is 19.5 Å². The normalized spacial score (nSPS) is 11.6. The van der Waals surface area contributed by atoms with Crippen LogP contribution in [0.3, 0.4) is 0 Å². The highest BCUT2D eigenvalue weighted by Gasteiger charge is 2.10. The van der Waals surface area contributed by atoms with E-state index in [-0.39, 0.29) is 11.9 Å². The number of nitrogens with one attached hydrogen (secondary N) is 2. The van der Waals surface area contributed by atoms with Crippen molar-refractivity contribution in [3.05, 3.63) is 47.9 Å². The second kappa shape index (κ2) is 8.86. The van der Waals surface area contributed by atoms with Crippen molar-refractivity contribution >= 4 is 11.7 Å². The summed E-state index contributed by atoms with van der Waals surface area (Å²) in [5.74, 6) is 1.32. The molecule has 1 unspecified atom stereocenters.